The predicted octanol–water partition coefficient (Wildman–Crippen LogP) is 1.78. The van der Waals surface area contributed by atoms with E-state index in [0.29, 0.717) is 11.2 Å². The number of nitrogens with zero attached hydrogens (tertiary/aromatic N) is 3. The number of carbonyl (C=O) groups is 1. The fourth-order valence-electron chi connectivity index (χ4n) is 2.55. The number of benzene rings is 1. The van der Waals surface area contributed by atoms with Crippen LogP contribution in [0.3, 0.4) is 0 Å². The van der Waals surface area contributed by atoms with Crippen LogP contribution in [0, 0.1) is 5.41 Å². The summed E-state index contributed by atoms with van der Waals surface area (Å²) in [6.07, 6.45) is 7.89. The standard InChI is InChI=1S/C11H12N6O.C8H9NOS/c1-7-9(6-13-16-7)15-11(18)8-5-14-17-4-2-3-12-10(8)17;1-10-7-3-2-6(5-9)8(11)4-7/h2-7,13,16H,1H3,(H,15,18);2-5,9,11H,1H3. The van der Waals surface area contributed by atoms with Crippen LogP contribution >= 0.6 is 12.6 Å². The van der Waals surface area contributed by atoms with Gasteiger partial charge in [0.25, 0.3) is 5.91 Å². The van der Waals surface area contributed by atoms with Crippen molar-refractivity contribution in [1.82, 2.24) is 30.8 Å². The van der Waals surface area contributed by atoms with Gasteiger partial charge in [-0.1, -0.05) is 0 Å². The van der Waals surface area contributed by atoms with Gasteiger partial charge < -0.3 is 20.9 Å². The Morgan fingerprint density at radius 3 is 2.93 bits per heavy atom. The van der Waals surface area contributed by atoms with E-state index in [2.05, 4.69) is 38.9 Å². The normalized spacial score (nSPS) is 15.0. The molecule has 1 amide bonds. The van der Waals surface area contributed by atoms with E-state index in [1.165, 1.54) is 12.4 Å². The summed E-state index contributed by atoms with van der Waals surface area (Å²) in [6, 6.07) is 7.21. The molecule has 4 rings (SSSR count). The maximum atomic E-state index is 12.1. The highest BCUT2D eigenvalue weighted by Crippen LogP contribution is 2.19. The molecular formula is C19H21N7O2S. The van der Waals surface area contributed by atoms with Crippen molar-refractivity contribution in [2.45, 2.75) is 17.9 Å². The molecule has 0 fully saturated rings. The van der Waals surface area contributed by atoms with Gasteiger partial charge in [0.15, 0.2) is 5.65 Å². The number of hydrogen-bond acceptors (Lipinski definition) is 8. The number of methoxy groups -OCH3 is 1. The molecule has 29 heavy (non-hydrogen) atoms. The van der Waals surface area contributed by atoms with Gasteiger partial charge >= 0.3 is 0 Å². The van der Waals surface area contributed by atoms with Crippen LogP contribution < -0.4 is 20.9 Å². The lowest BCUT2D eigenvalue weighted by Crippen LogP contribution is -2.34. The first kappa shape index (κ1) is 20.4. The molecule has 0 radical (unpaired) electrons. The molecule has 3 heterocycles. The quantitative estimate of drug-likeness (QED) is 0.330. The summed E-state index contributed by atoms with van der Waals surface area (Å²) in [5, 5.41) is 13.9. The molecule has 2 aromatic heterocycles. The van der Waals surface area contributed by atoms with Gasteiger partial charge in [-0.2, -0.15) is 5.10 Å². The highest BCUT2D eigenvalue weighted by Gasteiger charge is 2.19. The summed E-state index contributed by atoms with van der Waals surface area (Å²) in [7, 11) is 1.60. The first-order valence-electron chi connectivity index (χ1n) is 8.71. The lowest BCUT2D eigenvalue weighted by molar-refractivity contribution is 0.0965. The largest absolute Gasteiger partial charge is 0.497 e. The Morgan fingerprint density at radius 1 is 1.45 bits per heavy atom. The fraction of sp³-hybridized carbons (Fsp3) is 0.158. The second-order valence-corrected chi connectivity index (χ2v) is 6.56. The minimum atomic E-state index is -0.215. The minimum Gasteiger partial charge on any atom is -0.497 e. The van der Waals surface area contributed by atoms with Gasteiger partial charge in [-0.05, 0) is 31.2 Å². The second-order valence-electron chi connectivity index (χ2n) is 6.08. The van der Waals surface area contributed by atoms with Crippen LogP contribution in [0.15, 0.2) is 59.6 Å². The van der Waals surface area contributed by atoms with Crippen molar-refractivity contribution in [3.05, 3.63) is 65.9 Å². The third kappa shape index (κ3) is 4.73. The van der Waals surface area contributed by atoms with E-state index in [4.69, 9.17) is 10.1 Å². The maximum absolute atomic E-state index is 12.1. The Kier molecular flexibility index (Phi) is 6.47. The SMILES string of the molecule is CC1NNC=C1NC(=O)c1cnn2cccnc12.COc1ccc(C=N)c(S)c1. The number of aromatic nitrogens is 3. The van der Waals surface area contributed by atoms with Crippen LogP contribution in [0.4, 0.5) is 0 Å². The Labute approximate surface area is 173 Å². The smallest absolute Gasteiger partial charge is 0.260 e. The number of hydrazine groups is 1. The number of carbonyl (C=O) groups excluding carboxylic acids is 1. The highest BCUT2D eigenvalue weighted by molar-refractivity contribution is 7.80. The van der Waals surface area contributed by atoms with Crippen molar-refractivity contribution in [3.8, 4) is 5.75 Å². The Balaban J connectivity index is 0.000000188. The van der Waals surface area contributed by atoms with E-state index >= 15 is 0 Å². The number of hydrogen-bond donors (Lipinski definition) is 5. The summed E-state index contributed by atoms with van der Waals surface area (Å²) >= 11 is 4.17. The molecule has 0 aliphatic carbocycles. The third-order valence-corrected chi connectivity index (χ3v) is 4.56. The Hall–Kier alpha value is -3.37. The van der Waals surface area contributed by atoms with Crippen LogP contribution in [-0.2, 0) is 0 Å². The van der Waals surface area contributed by atoms with Crippen LogP contribution in [0.2, 0.25) is 0 Å². The number of ether oxygens (including phenoxy) is 1. The second kappa shape index (κ2) is 9.22. The van der Waals surface area contributed by atoms with Crippen molar-refractivity contribution in [1.29, 1.82) is 5.41 Å². The first-order valence-corrected chi connectivity index (χ1v) is 9.16. The number of nitrogens with one attached hydrogen (secondary N) is 4. The summed E-state index contributed by atoms with van der Waals surface area (Å²) in [5.74, 6) is 0.549. The lowest BCUT2D eigenvalue weighted by atomic mass is 10.2. The number of amides is 1. The molecule has 10 heteroatoms. The van der Waals surface area contributed by atoms with Crippen molar-refractivity contribution in [2.24, 2.45) is 0 Å². The number of thiol groups is 1. The number of fused-ring (bicyclic) bond motifs is 1. The molecule has 9 nitrogen and oxygen atoms in total. The molecular weight excluding hydrogens is 390 g/mol. The molecule has 0 bridgehead atoms. The molecule has 4 N–H and O–H groups in total. The zero-order valence-electron chi connectivity index (χ0n) is 15.9. The van der Waals surface area contributed by atoms with Crippen LogP contribution in [0.25, 0.3) is 5.65 Å². The molecule has 1 atom stereocenters. The van der Waals surface area contributed by atoms with Crippen molar-refractivity contribution >= 4 is 30.4 Å². The molecule has 0 saturated carbocycles. The topological polar surface area (TPSA) is 116 Å². The van der Waals surface area contributed by atoms with E-state index in [1.54, 1.807) is 54.5 Å². The van der Waals surface area contributed by atoms with Gasteiger partial charge in [0.05, 0.1) is 25.0 Å². The van der Waals surface area contributed by atoms with E-state index in [0.717, 1.165) is 21.9 Å². The van der Waals surface area contributed by atoms with E-state index in [9.17, 15) is 4.79 Å². The van der Waals surface area contributed by atoms with Gasteiger partial charge in [-0.25, -0.2) is 14.9 Å². The summed E-state index contributed by atoms with van der Waals surface area (Å²) in [6.45, 7) is 1.94. The van der Waals surface area contributed by atoms with Crippen LogP contribution in [-0.4, -0.2) is 39.9 Å². The molecule has 1 aliphatic heterocycles. The maximum Gasteiger partial charge on any atom is 0.260 e. The molecule has 0 saturated heterocycles. The van der Waals surface area contributed by atoms with Crippen molar-refractivity contribution < 1.29 is 9.53 Å². The Morgan fingerprint density at radius 2 is 2.28 bits per heavy atom. The predicted molar refractivity (Wildman–Crippen MR) is 112 cm³/mol. The van der Waals surface area contributed by atoms with Gasteiger partial charge in [0.2, 0.25) is 0 Å². The van der Waals surface area contributed by atoms with Gasteiger partial charge in [-0.3, -0.25) is 4.79 Å². The molecule has 1 unspecified atom stereocenters. The monoisotopic (exact) mass is 411 g/mol. The molecule has 150 valence electrons. The summed E-state index contributed by atoms with van der Waals surface area (Å²) < 4.78 is 6.54. The molecule has 3 aromatic rings. The minimum absolute atomic E-state index is 0.0590. The van der Waals surface area contributed by atoms with Gasteiger partial charge in [0.1, 0.15) is 11.3 Å². The average molecular weight is 411 g/mol. The zero-order chi connectivity index (χ0) is 20.8. The van der Waals surface area contributed by atoms with Gasteiger partial charge in [-0.15, -0.1) is 12.6 Å². The molecule has 1 aromatic carbocycles. The van der Waals surface area contributed by atoms with Crippen molar-refractivity contribution in [2.75, 3.05) is 7.11 Å². The van der Waals surface area contributed by atoms with E-state index in [1.807, 2.05) is 6.92 Å². The number of rotatable bonds is 4. The highest BCUT2D eigenvalue weighted by atomic mass is 32.1. The zero-order valence-corrected chi connectivity index (χ0v) is 16.8. The third-order valence-electron chi connectivity index (χ3n) is 4.17. The van der Waals surface area contributed by atoms with Gasteiger partial charge in [0, 0.05) is 35.3 Å². The first-order chi connectivity index (χ1) is 14.0. The average Bonchev–Trinajstić information content (AvgIpc) is 3.34. The Bertz CT molecular complexity index is 1060. The molecule has 0 spiro atoms. The van der Waals surface area contributed by atoms with Crippen LogP contribution in [0.5, 0.6) is 5.75 Å². The summed E-state index contributed by atoms with van der Waals surface area (Å²) in [5.41, 5.74) is 8.40. The van der Waals surface area contributed by atoms with Crippen LogP contribution in [0.1, 0.15) is 22.8 Å². The molecule has 1 aliphatic rings. The van der Waals surface area contributed by atoms with E-state index in [-0.39, 0.29) is 11.9 Å². The van der Waals surface area contributed by atoms with E-state index < -0.39 is 0 Å². The summed E-state index contributed by atoms with van der Waals surface area (Å²) in [4.78, 5) is 17.0. The fourth-order valence-corrected chi connectivity index (χ4v) is 2.82. The van der Waals surface area contributed by atoms with Crippen molar-refractivity contribution in [3.63, 3.8) is 0 Å². The lowest BCUT2D eigenvalue weighted by Gasteiger charge is -2.09.